The smallest absolute Gasteiger partial charge is 0.266 e. The van der Waals surface area contributed by atoms with E-state index in [-0.39, 0.29) is 17.7 Å². The van der Waals surface area contributed by atoms with Gasteiger partial charge in [-0.25, -0.2) is 14.6 Å². The molecule has 0 amide bonds. The third-order valence-corrected chi connectivity index (χ3v) is 7.42. The molecule has 1 aliphatic heterocycles. The van der Waals surface area contributed by atoms with Crippen LogP contribution in [-0.2, 0) is 11.8 Å². The summed E-state index contributed by atoms with van der Waals surface area (Å²) in [4.78, 5) is 23.2. The molecule has 38 heavy (non-hydrogen) atoms. The van der Waals surface area contributed by atoms with E-state index in [0.29, 0.717) is 5.88 Å². The molecular weight excluding hydrogens is 484 g/mol. The number of pyridine rings is 2. The first-order valence-corrected chi connectivity index (χ1v) is 13.1. The second-order valence-electron chi connectivity index (χ2n) is 9.82. The summed E-state index contributed by atoms with van der Waals surface area (Å²) in [6.45, 7) is 3.16. The van der Waals surface area contributed by atoms with E-state index in [1.54, 1.807) is 13.1 Å². The van der Waals surface area contributed by atoms with Gasteiger partial charge in [-0.2, -0.15) is 5.10 Å². The summed E-state index contributed by atoms with van der Waals surface area (Å²) in [5.74, 6) is 2.26. The van der Waals surface area contributed by atoms with Crippen molar-refractivity contribution in [3.05, 3.63) is 53.1 Å². The Hall–Kier alpha value is -3.99. The first-order valence-electron chi connectivity index (χ1n) is 13.1. The molecule has 2 fully saturated rings. The minimum absolute atomic E-state index is 0.0593. The maximum absolute atomic E-state index is 11.6. The third kappa shape index (κ3) is 4.81. The summed E-state index contributed by atoms with van der Waals surface area (Å²) in [5, 5.41) is 13.5. The highest BCUT2D eigenvalue weighted by molar-refractivity contribution is 5.94. The molecule has 2 aliphatic rings. The van der Waals surface area contributed by atoms with Gasteiger partial charge in [-0.1, -0.05) is 0 Å². The zero-order chi connectivity index (χ0) is 26.1. The Bertz CT molecular complexity index is 1470. The second-order valence-corrected chi connectivity index (χ2v) is 9.82. The van der Waals surface area contributed by atoms with Crippen molar-refractivity contribution in [2.45, 2.75) is 37.8 Å². The van der Waals surface area contributed by atoms with E-state index < -0.39 is 0 Å². The Labute approximate surface area is 220 Å². The zero-order valence-corrected chi connectivity index (χ0v) is 21.7. The lowest BCUT2D eigenvalue weighted by molar-refractivity contribution is 0.122. The zero-order valence-electron chi connectivity index (χ0n) is 21.7. The van der Waals surface area contributed by atoms with Gasteiger partial charge in [-0.15, -0.1) is 5.10 Å². The van der Waals surface area contributed by atoms with Crippen molar-refractivity contribution in [1.82, 2.24) is 29.5 Å². The van der Waals surface area contributed by atoms with Gasteiger partial charge in [0.15, 0.2) is 0 Å². The molecule has 1 saturated heterocycles. The summed E-state index contributed by atoms with van der Waals surface area (Å²) in [6, 6.07) is 9.61. The molecule has 198 valence electrons. The highest BCUT2D eigenvalue weighted by Crippen LogP contribution is 2.36. The van der Waals surface area contributed by atoms with Gasteiger partial charge >= 0.3 is 0 Å². The molecule has 0 bridgehead atoms. The maximum Gasteiger partial charge on any atom is 0.266 e. The van der Waals surface area contributed by atoms with Gasteiger partial charge in [-0.3, -0.25) is 9.48 Å². The molecule has 11 heteroatoms. The molecule has 0 unspecified atom stereocenters. The quantitative estimate of drug-likeness (QED) is 0.413. The van der Waals surface area contributed by atoms with Gasteiger partial charge in [0.05, 0.1) is 24.8 Å². The van der Waals surface area contributed by atoms with Crippen LogP contribution in [0.1, 0.15) is 31.7 Å². The van der Waals surface area contributed by atoms with Crippen molar-refractivity contribution in [2.24, 2.45) is 7.05 Å². The number of hydrogen-bond acceptors (Lipinski definition) is 9. The van der Waals surface area contributed by atoms with E-state index in [1.807, 2.05) is 19.4 Å². The fraction of sp³-hybridized carbons (Fsp3) is 0.444. The minimum atomic E-state index is -0.149. The summed E-state index contributed by atoms with van der Waals surface area (Å²) in [6.07, 6.45) is 7.49. The van der Waals surface area contributed by atoms with Gasteiger partial charge in [0.25, 0.3) is 5.56 Å². The number of aryl methyl sites for hydroxylation is 1. The lowest BCUT2D eigenvalue weighted by atomic mass is 9.93. The molecule has 1 aliphatic carbocycles. The van der Waals surface area contributed by atoms with E-state index in [0.717, 1.165) is 85.8 Å². The monoisotopic (exact) mass is 516 g/mol. The van der Waals surface area contributed by atoms with Crippen LogP contribution in [0.3, 0.4) is 0 Å². The Balaban J connectivity index is 1.24. The fourth-order valence-corrected chi connectivity index (χ4v) is 5.29. The SMILES string of the molecule is CNc1cc2c(cn1)c(-c1ccc(N3CCOCC3)nc1)nn2[C@H]1CC[C@@H](Oc2ccc(=O)n(C)n2)CC1. The Kier molecular flexibility index (Phi) is 6.67. The fourth-order valence-electron chi connectivity index (χ4n) is 5.29. The van der Waals surface area contributed by atoms with Crippen molar-refractivity contribution in [2.75, 3.05) is 43.6 Å². The number of anilines is 2. The van der Waals surface area contributed by atoms with Crippen LogP contribution in [-0.4, -0.2) is 69.0 Å². The first-order chi connectivity index (χ1) is 18.6. The van der Waals surface area contributed by atoms with E-state index in [2.05, 4.69) is 43.2 Å². The van der Waals surface area contributed by atoms with Crippen molar-refractivity contribution < 1.29 is 9.47 Å². The summed E-state index contributed by atoms with van der Waals surface area (Å²) in [7, 11) is 3.51. The number of fused-ring (bicyclic) bond motifs is 1. The van der Waals surface area contributed by atoms with Crippen LogP contribution in [0, 0.1) is 0 Å². The number of hydrogen-bond donors (Lipinski definition) is 1. The van der Waals surface area contributed by atoms with Gasteiger partial charge in [0.1, 0.15) is 23.4 Å². The van der Waals surface area contributed by atoms with Crippen LogP contribution in [0.15, 0.2) is 47.5 Å². The molecule has 0 atom stereocenters. The van der Waals surface area contributed by atoms with Crippen LogP contribution >= 0.6 is 0 Å². The standard InChI is InChI=1S/C27H32N8O3/c1-28-23-15-22-21(17-29-23)27(18-3-8-24(30-16-18)34-11-13-37-14-12-34)32-35(22)19-4-6-20(7-5-19)38-25-9-10-26(36)33(2)31-25/h3,8-10,15-17,19-20H,4-7,11-14H2,1-2H3,(H,28,29)/t19-,20+. The third-order valence-electron chi connectivity index (χ3n) is 7.42. The predicted octanol–water partition coefficient (Wildman–Crippen LogP) is 3.03. The van der Waals surface area contributed by atoms with Crippen molar-refractivity contribution in [3.8, 4) is 17.1 Å². The molecule has 11 nitrogen and oxygen atoms in total. The highest BCUT2D eigenvalue weighted by Gasteiger charge is 2.27. The summed E-state index contributed by atoms with van der Waals surface area (Å²) >= 11 is 0. The summed E-state index contributed by atoms with van der Waals surface area (Å²) in [5.41, 5.74) is 2.77. The molecule has 1 saturated carbocycles. The van der Waals surface area contributed by atoms with Gasteiger partial charge in [-0.05, 0) is 37.8 Å². The number of nitrogens with one attached hydrogen (secondary N) is 1. The minimum Gasteiger partial charge on any atom is -0.473 e. The lowest BCUT2D eigenvalue weighted by Crippen LogP contribution is -2.36. The number of rotatable bonds is 6. The maximum atomic E-state index is 11.6. The van der Waals surface area contributed by atoms with Crippen LogP contribution in [0.25, 0.3) is 22.2 Å². The van der Waals surface area contributed by atoms with Gasteiger partial charge in [0.2, 0.25) is 5.88 Å². The highest BCUT2D eigenvalue weighted by atomic mass is 16.5. The van der Waals surface area contributed by atoms with Crippen molar-refractivity contribution >= 4 is 22.5 Å². The lowest BCUT2D eigenvalue weighted by Gasteiger charge is -2.29. The molecule has 4 aromatic heterocycles. The molecule has 0 radical (unpaired) electrons. The van der Waals surface area contributed by atoms with Gasteiger partial charge in [0, 0.05) is 68.7 Å². The topological polar surface area (TPSA) is 112 Å². The molecule has 5 heterocycles. The van der Waals surface area contributed by atoms with Crippen molar-refractivity contribution in [3.63, 3.8) is 0 Å². The molecular formula is C27H32N8O3. The molecule has 4 aromatic rings. The summed E-state index contributed by atoms with van der Waals surface area (Å²) < 4.78 is 15.0. The Morgan fingerprint density at radius 3 is 2.53 bits per heavy atom. The Morgan fingerprint density at radius 1 is 1.00 bits per heavy atom. The predicted molar refractivity (Wildman–Crippen MR) is 145 cm³/mol. The normalized spacial score (nSPS) is 20.0. The molecule has 6 rings (SSSR count). The van der Waals surface area contributed by atoms with Crippen LogP contribution < -0.4 is 20.5 Å². The van der Waals surface area contributed by atoms with E-state index in [9.17, 15) is 4.79 Å². The molecule has 0 aromatic carbocycles. The molecule has 0 spiro atoms. The van der Waals surface area contributed by atoms with E-state index in [1.165, 1.54) is 10.7 Å². The first kappa shape index (κ1) is 24.4. The molecule has 1 N–H and O–H groups in total. The van der Waals surface area contributed by atoms with E-state index in [4.69, 9.17) is 19.6 Å². The van der Waals surface area contributed by atoms with E-state index >= 15 is 0 Å². The second kappa shape index (κ2) is 10.4. The largest absolute Gasteiger partial charge is 0.473 e. The number of morpholine rings is 1. The Morgan fingerprint density at radius 2 is 1.82 bits per heavy atom. The average Bonchev–Trinajstić information content (AvgIpc) is 3.35. The van der Waals surface area contributed by atoms with Gasteiger partial charge < -0.3 is 19.7 Å². The van der Waals surface area contributed by atoms with Crippen LogP contribution in [0.4, 0.5) is 11.6 Å². The van der Waals surface area contributed by atoms with Crippen LogP contribution in [0.2, 0.25) is 0 Å². The van der Waals surface area contributed by atoms with Crippen LogP contribution in [0.5, 0.6) is 5.88 Å². The van der Waals surface area contributed by atoms with Crippen molar-refractivity contribution in [1.29, 1.82) is 0 Å². The number of aromatic nitrogens is 6. The average molecular weight is 517 g/mol. The number of nitrogens with zero attached hydrogens (tertiary/aromatic N) is 7. The number of ether oxygens (including phenoxy) is 2.